The molecule has 5 heteroatoms. The molecule has 0 amide bonds. The zero-order chi connectivity index (χ0) is 14.8. The standard InChI is InChI=1S/C15H16FNO2S/c1-17(15-6-4-3-5-14(15)16)11-12-7-9-13(10-8-12)20(2,18)19/h3-10H,11H2,1-2H3. The molecule has 0 atom stereocenters. The minimum Gasteiger partial charge on any atom is -0.368 e. The summed E-state index contributed by atoms with van der Waals surface area (Å²) in [6.45, 7) is 0.505. The van der Waals surface area contributed by atoms with Crippen molar-refractivity contribution >= 4 is 15.5 Å². The first-order chi connectivity index (χ1) is 9.38. The second-order valence-electron chi connectivity index (χ2n) is 4.72. The number of hydrogen-bond donors (Lipinski definition) is 0. The fourth-order valence-electron chi connectivity index (χ4n) is 1.96. The predicted octanol–water partition coefficient (Wildman–Crippen LogP) is 2.87. The topological polar surface area (TPSA) is 37.4 Å². The van der Waals surface area contributed by atoms with Gasteiger partial charge in [0.15, 0.2) is 9.84 Å². The monoisotopic (exact) mass is 293 g/mol. The fourth-order valence-corrected chi connectivity index (χ4v) is 2.59. The number of nitrogens with zero attached hydrogens (tertiary/aromatic N) is 1. The summed E-state index contributed by atoms with van der Waals surface area (Å²) < 4.78 is 36.4. The Morgan fingerprint density at radius 3 is 2.20 bits per heavy atom. The Hall–Kier alpha value is -1.88. The smallest absolute Gasteiger partial charge is 0.175 e. The third-order valence-electron chi connectivity index (χ3n) is 3.03. The van der Waals surface area contributed by atoms with Crippen LogP contribution in [0.2, 0.25) is 0 Å². The van der Waals surface area contributed by atoms with Gasteiger partial charge in [0.2, 0.25) is 0 Å². The Bertz CT molecular complexity index is 696. The lowest BCUT2D eigenvalue weighted by Gasteiger charge is -2.20. The van der Waals surface area contributed by atoms with Crippen LogP contribution in [0.4, 0.5) is 10.1 Å². The fraction of sp³-hybridized carbons (Fsp3) is 0.200. The Morgan fingerprint density at radius 2 is 1.65 bits per heavy atom. The van der Waals surface area contributed by atoms with Crippen LogP contribution in [0, 0.1) is 5.82 Å². The van der Waals surface area contributed by atoms with Crippen LogP contribution in [0.1, 0.15) is 5.56 Å². The first kappa shape index (κ1) is 14.5. The van der Waals surface area contributed by atoms with Crippen LogP contribution in [-0.4, -0.2) is 21.7 Å². The number of halogens is 1. The number of sulfone groups is 1. The molecule has 0 saturated carbocycles. The van der Waals surface area contributed by atoms with E-state index in [0.29, 0.717) is 12.2 Å². The SMILES string of the molecule is CN(Cc1ccc(S(C)(=O)=O)cc1)c1ccccc1F. The van der Waals surface area contributed by atoms with Gasteiger partial charge >= 0.3 is 0 Å². The third kappa shape index (κ3) is 3.36. The van der Waals surface area contributed by atoms with E-state index in [4.69, 9.17) is 0 Å². The molecule has 0 aromatic heterocycles. The predicted molar refractivity (Wildman–Crippen MR) is 78.1 cm³/mol. The van der Waals surface area contributed by atoms with Gasteiger partial charge in [0.05, 0.1) is 10.6 Å². The number of para-hydroxylation sites is 1. The Labute approximate surface area is 118 Å². The van der Waals surface area contributed by atoms with Crippen molar-refractivity contribution in [3.8, 4) is 0 Å². The van der Waals surface area contributed by atoms with Crippen molar-refractivity contribution < 1.29 is 12.8 Å². The second-order valence-corrected chi connectivity index (χ2v) is 6.74. The van der Waals surface area contributed by atoms with E-state index in [1.807, 2.05) is 0 Å². The van der Waals surface area contributed by atoms with E-state index < -0.39 is 9.84 Å². The lowest BCUT2D eigenvalue weighted by Crippen LogP contribution is -2.17. The second kappa shape index (κ2) is 5.63. The molecule has 0 aliphatic carbocycles. The summed E-state index contributed by atoms with van der Waals surface area (Å²) in [6, 6.07) is 13.2. The van der Waals surface area contributed by atoms with Crippen LogP contribution in [0.15, 0.2) is 53.4 Å². The van der Waals surface area contributed by atoms with Crippen LogP contribution in [-0.2, 0) is 16.4 Å². The number of rotatable bonds is 4. The van der Waals surface area contributed by atoms with Crippen molar-refractivity contribution in [3.05, 3.63) is 59.9 Å². The highest BCUT2D eigenvalue weighted by Crippen LogP contribution is 2.20. The molecule has 0 bridgehead atoms. The molecule has 0 aliphatic heterocycles. The van der Waals surface area contributed by atoms with Gasteiger partial charge < -0.3 is 4.90 Å². The third-order valence-corrected chi connectivity index (χ3v) is 4.16. The van der Waals surface area contributed by atoms with Gasteiger partial charge in [-0.05, 0) is 29.8 Å². The Morgan fingerprint density at radius 1 is 1.05 bits per heavy atom. The van der Waals surface area contributed by atoms with Crippen molar-refractivity contribution in [1.82, 2.24) is 0 Å². The highest BCUT2D eigenvalue weighted by Gasteiger charge is 2.09. The highest BCUT2D eigenvalue weighted by atomic mass is 32.2. The summed E-state index contributed by atoms with van der Waals surface area (Å²) in [5.74, 6) is -0.275. The summed E-state index contributed by atoms with van der Waals surface area (Å²) in [7, 11) is -1.39. The van der Waals surface area contributed by atoms with Gasteiger partial charge in [-0.3, -0.25) is 0 Å². The lowest BCUT2D eigenvalue weighted by molar-refractivity contribution is 0.602. The van der Waals surface area contributed by atoms with Gasteiger partial charge in [-0.15, -0.1) is 0 Å². The number of hydrogen-bond acceptors (Lipinski definition) is 3. The van der Waals surface area contributed by atoms with Crippen LogP contribution >= 0.6 is 0 Å². The first-order valence-electron chi connectivity index (χ1n) is 6.12. The maximum Gasteiger partial charge on any atom is 0.175 e. The molecule has 0 heterocycles. The van der Waals surface area contributed by atoms with Crippen LogP contribution < -0.4 is 4.90 Å². The van der Waals surface area contributed by atoms with Gasteiger partial charge in [-0.2, -0.15) is 0 Å². The lowest BCUT2D eigenvalue weighted by atomic mass is 10.2. The Kier molecular flexibility index (Phi) is 4.09. The molecule has 0 aliphatic rings. The molecule has 0 radical (unpaired) electrons. The molecule has 2 aromatic carbocycles. The molecular formula is C15H16FNO2S. The Balaban J connectivity index is 2.17. The van der Waals surface area contributed by atoms with Crippen molar-refractivity contribution in [1.29, 1.82) is 0 Å². The molecule has 0 spiro atoms. The molecular weight excluding hydrogens is 277 g/mol. The average Bonchev–Trinajstić information content (AvgIpc) is 2.38. The summed E-state index contributed by atoms with van der Waals surface area (Å²) in [4.78, 5) is 2.07. The van der Waals surface area contributed by atoms with Gasteiger partial charge in [0, 0.05) is 19.8 Å². The maximum absolute atomic E-state index is 13.6. The molecule has 0 N–H and O–H groups in total. The molecule has 0 unspecified atom stereocenters. The average molecular weight is 293 g/mol. The van der Waals surface area contributed by atoms with Crippen molar-refractivity contribution in [2.75, 3.05) is 18.2 Å². The minimum atomic E-state index is -3.18. The molecule has 0 fully saturated rings. The molecule has 2 aromatic rings. The molecule has 2 rings (SSSR count). The summed E-state index contributed by atoms with van der Waals surface area (Å²) >= 11 is 0. The molecule has 3 nitrogen and oxygen atoms in total. The van der Waals surface area contributed by atoms with Crippen molar-refractivity contribution in [2.24, 2.45) is 0 Å². The van der Waals surface area contributed by atoms with E-state index in [1.54, 1.807) is 54.4 Å². The molecule has 20 heavy (non-hydrogen) atoms. The summed E-state index contributed by atoms with van der Waals surface area (Å²) in [5, 5.41) is 0. The molecule has 0 saturated heterocycles. The van der Waals surface area contributed by atoms with E-state index in [9.17, 15) is 12.8 Å². The first-order valence-corrected chi connectivity index (χ1v) is 8.02. The van der Waals surface area contributed by atoms with Gasteiger partial charge in [0.1, 0.15) is 5.82 Å². The minimum absolute atomic E-state index is 0.275. The van der Waals surface area contributed by atoms with Crippen LogP contribution in [0.5, 0.6) is 0 Å². The van der Waals surface area contributed by atoms with Gasteiger partial charge in [-0.1, -0.05) is 24.3 Å². The van der Waals surface area contributed by atoms with Crippen LogP contribution in [0.25, 0.3) is 0 Å². The number of anilines is 1. The summed E-state index contributed by atoms with van der Waals surface area (Å²) in [5.41, 5.74) is 1.43. The van der Waals surface area contributed by atoms with Gasteiger partial charge in [-0.25, -0.2) is 12.8 Å². The normalized spacial score (nSPS) is 11.3. The van der Waals surface area contributed by atoms with E-state index in [1.165, 1.54) is 12.3 Å². The highest BCUT2D eigenvalue weighted by molar-refractivity contribution is 7.90. The number of benzene rings is 2. The van der Waals surface area contributed by atoms with E-state index in [-0.39, 0.29) is 10.7 Å². The van der Waals surface area contributed by atoms with Crippen molar-refractivity contribution in [3.63, 3.8) is 0 Å². The maximum atomic E-state index is 13.6. The van der Waals surface area contributed by atoms with Crippen LogP contribution in [0.3, 0.4) is 0 Å². The largest absolute Gasteiger partial charge is 0.368 e. The van der Waals surface area contributed by atoms with Gasteiger partial charge in [0.25, 0.3) is 0 Å². The van der Waals surface area contributed by atoms with E-state index >= 15 is 0 Å². The quantitative estimate of drug-likeness (QED) is 0.870. The zero-order valence-corrected chi connectivity index (χ0v) is 12.2. The van der Waals surface area contributed by atoms with E-state index in [2.05, 4.69) is 0 Å². The van der Waals surface area contributed by atoms with Crippen molar-refractivity contribution in [2.45, 2.75) is 11.4 Å². The summed E-state index contributed by atoms with van der Waals surface area (Å²) in [6.07, 6.45) is 1.17. The zero-order valence-electron chi connectivity index (χ0n) is 11.4. The van der Waals surface area contributed by atoms with E-state index in [0.717, 1.165) is 5.56 Å². The molecule has 106 valence electrons.